The van der Waals surface area contributed by atoms with Crippen molar-refractivity contribution in [3.63, 3.8) is 0 Å². The van der Waals surface area contributed by atoms with Crippen molar-refractivity contribution < 1.29 is 5.11 Å². The summed E-state index contributed by atoms with van der Waals surface area (Å²) >= 11 is 0. The monoisotopic (exact) mass is 172 g/mol. The molecule has 0 bridgehead atoms. The molecule has 0 aromatic rings. The van der Waals surface area contributed by atoms with E-state index in [4.69, 9.17) is 0 Å². The molecule has 0 aromatic heterocycles. The lowest BCUT2D eigenvalue weighted by Crippen LogP contribution is -2.59. The van der Waals surface area contributed by atoms with Gasteiger partial charge < -0.3 is 5.11 Å². The van der Waals surface area contributed by atoms with Crippen LogP contribution in [0.2, 0.25) is 0 Å². The van der Waals surface area contributed by atoms with Gasteiger partial charge in [-0.05, 0) is 33.1 Å². The Morgan fingerprint density at radius 2 is 1.83 bits per heavy atom. The molecule has 2 atom stereocenters. The summed E-state index contributed by atoms with van der Waals surface area (Å²) in [5.74, 6) is 0. The van der Waals surface area contributed by atoms with Crippen molar-refractivity contribution in [1.29, 1.82) is 0 Å². The van der Waals surface area contributed by atoms with Crippen LogP contribution in [0, 0.1) is 0 Å². The summed E-state index contributed by atoms with van der Waals surface area (Å²) in [6, 6.07) is 0. The molecule has 0 aliphatic heterocycles. The number of nitrogens with zero attached hydrogens (tertiary/aromatic N) is 1. The van der Waals surface area contributed by atoms with Gasteiger partial charge in [0.05, 0.1) is 11.1 Å². The minimum absolute atomic E-state index is 0.156. The van der Waals surface area contributed by atoms with Crippen LogP contribution in [0.5, 0.6) is 0 Å². The fraction of sp³-hybridized carbons (Fsp3) is 1.00. The number of hydrogen-bond donors (Lipinski definition) is 2. The first kappa shape index (κ1) is 9.96. The van der Waals surface area contributed by atoms with Crippen LogP contribution in [0.3, 0.4) is 0 Å². The van der Waals surface area contributed by atoms with Crippen molar-refractivity contribution in [3.8, 4) is 0 Å². The third-order valence-corrected chi connectivity index (χ3v) is 3.00. The lowest BCUT2D eigenvalue weighted by Gasteiger charge is -2.39. The number of aliphatic hydroxyl groups is 1. The quantitative estimate of drug-likeness (QED) is 0.603. The van der Waals surface area contributed by atoms with E-state index >= 15 is 0 Å². The second-order valence-electron chi connectivity index (χ2n) is 4.47. The number of rotatable bonds is 2. The van der Waals surface area contributed by atoms with Gasteiger partial charge in [0.2, 0.25) is 0 Å². The van der Waals surface area contributed by atoms with Gasteiger partial charge in [0.25, 0.3) is 0 Å². The van der Waals surface area contributed by atoms with Gasteiger partial charge >= 0.3 is 0 Å². The van der Waals surface area contributed by atoms with E-state index in [2.05, 4.69) is 12.3 Å². The smallest absolute Gasteiger partial charge is 0.0810 e. The molecule has 12 heavy (non-hydrogen) atoms. The van der Waals surface area contributed by atoms with E-state index in [9.17, 15) is 5.11 Å². The van der Waals surface area contributed by atoms with E-state index in [0.717, 1.165) is 19.3 Å². The largest absolute Gasteiger partial charge is 0.388 e. The van der Waals surface area contributed by atoms with Crippen LogP contribution in [0.4, 0.5) is 0 Å². The summed E-state index contributed by atoms with van der Waals surface area (Å²) in [5, 5.41) is 12.0. The zero-order valence-corrected chi connectivity index (χ0v) is 8.52. The van der Waals surface area contributed by atoms with Crippen molar-refractivity contribution in [2.75, 3.05) is 14.1 Å². The number of nitrogens with one attached hydrogen (secondary N) is 1. The molecule has 3 nitrogen and oxygen atoms in total. The SMILES string of the molecule is CN(C)NC1(C)CCCC1(C)O. The molecule has 2 unspecified atom stereocenters. The standard InChI is InChI=1S/C9H20N2O/c1-8(10-11(3)4)6-5-7-9(8,2)12/h10,12H,5-7H2,1-4H3. The van der Waals surface area contributed by atoms with Crippen LogP contribution in [-0.2, 0) is 0 Å². The van der Waals surface area contributed by atoms with Crippen LogP contribution < -0.4 is 5.43 Å². The molecule has 0 aromatic carbocycles. The van der Waals surface area contributed by atoms with E-state index in [1.54, 1.807) is 0 Å². The van der Waals surface area contributed by atoms with Crippen molar-refractivity contribution >= 4 is 0 Å². The van der Waals surface area contributed by atoms with Gasteiger partial charge in [0.15, 0.2) is 0 Å². The van der Waals surface area contributed by atoms with E-state index in [0.29, 0.717) is 0 Å². The van der Waals surface area contributed by atoms with E-state index in [-0.39, 0.29) is 5.54 Å². The van der Waals surface area contributed by atoms with Gasteiger partial charge in [0, 0.05) is 14.1 Å². The molecule has 1 rings (SSSR count). The first-order valence-corrected chi connectivity index (χ1v) is 4.55. The van der Waals surface area contributed by atoms with Gasteiger partial charge in [-0.3, -0.25) is 0 Å². The summed E-state index contributed by atoms with van der Waals surface area (Å²) in [6.45, 7) is 4.00. The minimum Gasteiger partial charge on any atom is -0.388 e. The average molecular weight is 172 g/mol. The first-order chi connectivity index (χ1) is 5.37. The molecule has 0 heterocycles. The van der Waals surface area contributed by atoms with E-state index in [1.807, 2.05) is 26.0 Å². The predicted octanol–water partition coefficient (Wildman–Crippen LogP) is 0.746. The highest BCUT2D eigenvalue weighted by Gasteiger charge is 2.47. The molecule has 1 fully saturated rings. The molecule has 1 saturated carbocycles. The Hall–Kier alpha value is -0.120. The lowest BCUT2D eigenvalue weighted by molar-refractivity contribution is -0.0340. The zero-order valence-electron chi connectivity index (χ0n) is 8.52. The van der Waals surface area contributed by atoms with Crippen LogP contribution in [0.25, 0.3) is 0 Å². The maximum atomic E-state index is 10.1. The second-order valence-corrected chi connectivity index (χ2v) is 4.47. The number of hydrazine groups is 1. The maximum absolute atomic E-state index is 10.1. The Balaban J connectivity index is 2.69. The molecule has 1 aliphatic carbocycles. The van der Waals surface area contributed by atoms with Gasteiger partial charge in [-0.25, -0.2) is 10.4 Å². The Labute approximate surface area is 74.7 Å². The first-order valence-electron chi connectivity index (χ1n) is 4.55. The zero-order chi connectivity index (χ0) is 9.41. The molecule has 2 N–H and O–H groups in total. The van der Waals surface area contributed by atoms with Gasteiger partial charge in [-0.1, -0.05) is 0 Å². The van der Waals surface area contributed by atoms with Gasteiger partial charge in [-0.15, -0.1) is 0 Å². The molecule has 0 saturated heterocycles. The van der Waals surface area contributed by atoms with Crippen LogP contribution in [0.15, 0.2) is 0 Å². The normalized spacial score (nSPS) is 42.5. The van der Waals surface area contributed by atoms with Crippen LogP contribution >= 0.6 is 0 Å². The molecular weight excluding hydrogens is 152 g/mol. The van der Waals surface area contributed by atoms with Crippen LogP contribution in [0.1, 0.15) is 33.1 Å². The molecule has 0 radical (unpaired) electrons. The van der Waals surface area contributed by atoms with Crippen LogP contribution in [-0.4, -0.2) is 35.4 Å². The highest BCUT2D eigenvalue weighted by Crippen LogP contribution is 2.38. The average Bonchev–Trinajstić information content (AvgIpc) is 2.05. The van der Waals surface area contributed by atoms with Crippen molar-refractivity contribution in [2.24, 2.45) is 0 Å². The highest BCUT2D eigenvalue weighted by atomic mass is 16.3. The highest BCUT2D eigenvalue weighted by molar-refractivity contribution is 5.04. The van der Waals surface area contributed by atoms with E-state index in [1.165, 1.54) is 0 Å². The number of hydrogen-bond acceptors (Lipinski definition) is 3. The Morgan fingerprint density at radius 1 is 1.25 bits per heavy atom. The fourth-order valence-corrected chi connectivity index (χ4v) is 2.00. The maximum Gasteiger partial charge on any atom is 0.0810 e. The lowest BCUT2D eigenvalue weighted by atomic mass is 9.87. The van der Waals surface area contributed by atoms with Crippen molar-refractivity contribution in [2.45, 2.75) is 44.2 Å². The molecule has 0 spiro atoms. The minimum atomic E-state index is -0.572. The summed E-state index contributed by atoms with van der Waals surface area (Å²) in [6.07, 6.45) is 3.03. The third-order valence-electron chi connectivity index (χ3n) is 3.00. The Bertz CT molecular complexity index is 168. The Morgan fingerprint density at radius 3 is 2.17 bits per heavy atom. The van der Waals surface area contributed by atoms with Crippen molar-refractivity contribution in [3.05, 3.63) is 0 Å². The summed E-state index contributed by atoms with van der Waals surface area (Å²) in [4.78, 5) is 0. The fourth-order valence-electron chi connectivity index (χ4n) is 2.00. The topological polar surface area (TPSA) is 35.5 Å². The second kappa shape index (κ2) is 2.98. The van der Waals surface area contributed by atoms with E-state index < -0.39 is 5.60 Å². The Kier molecular flexibility index (Phi) is 2.47. The van der Waals surface area contributed by atoms with Gasteiger partial charge in [0.1, 0.15) is 0 Å². The third kappa shape index (κ3) is 1.63. The molecule has 3 heteroatoms. The summed E-state index contributed by atoms with van der Waals surface area (Å²) in [7, 11) is 3.92. The predicted molar refractivity (Wildman–Crippen MR) is 49.7 cm³/mol. The van der Waals surface area contributed by atoms with Crippen molar-refractivity contribution in [1.82, 2.24) is 10.4 Å². The molecular formula is C9H20N2O. The van der Waals surface area contributed by atoms with Gasteiger partial charge in [-0.2, -0.15) is 0 Å². The summed E-state index contributed by atoms with van der Waals surface area (Å²) in [5.41, 5.74) is 2.56. The summed E-state index contributed by atoms with van der Waals surface area (Å²) < 4.78 is 0. The molecule has 72 valence electrons. The molecule has 1 aliphatic rings. The molecule has 0 amide bonds.